The normalized spacial score (nSPS) is 11.1. The van der Waals surface area contributed by atoms with E-state index in [9.17, 15) is 13.6 Å². The molecule has 0 aliphatic carbocycles. The largest absolute Gasteiger partial charge is 0.288 e. The van der Waals surface area contributed by atoms with Gasteiger partial charge in [0.1, 0.15) is 0 Å². The third-order valence-corrected chi connectivity index (χ3v) is 3.43. The number of thiophene rings is 1. The molecule has 5 heteroatoms. The molecule has 0 amide bonds. The highest BCUT2D eigenvalue weighted by Crippen LogP contribution is 2.22. The number of benzene rings is 1. The fraction of sp³-hybridized carbons (Fsp3) is 0. The van der Waals surface area contributed by atoms with Gasteiger partial charge in [-0.15, -0.1) is 11.3 Å². The van der Waals surface area contributed by atoms with E-state index in [1.54, 1.807) is 12.1 Å². The first-order valence-corrected chi connectivity index (χ1v) is 6.18. The van der Waals surface area contributed by atoms with Gasteiger partial charge >= 0.3 is 0 Å². The van der Waals surface area contributed by atoms with Crippen LogP contribution in [0.25, 0.3) is 6.08 Å². The average Bonchev–Trinajstić information content (AvgIpc) is 2.77. The van der Waals surface area contributed by atoms with Crippen LogP contribution in [0.3, 0.4) is 0 Å². The van der Waals surface area contributed by atoms with Crippen molar-refractivity contribution < 1.29 is 13.6 Å². The highest BCUT2D eigenvalue weighted by atomic mass is 35.5. The zero-order valence-electron chi connectivity index (χ0n) is 8.99. The van der Waals surface area contributed by atoms with Gasteiger partial charge in [-0.1, -0.05) is 23.7 Å². The van der Waals surface area contributed by atoms with Crippen LogP contribution < -0.4 is 0 Å². The Kier molecular flexibility index (Phi) is 3.89. The molecule has 1 aromatic carbocycles. The van der Waals surface area contributed by atoms with Gasteiger partial charge in [0.2, 0.25) is 0 Å². The number of hydrogen-bond donors (Lipinski definition) is 0. The molecule has 0 unspecified atom stereocenters. The number of allylic oxidation sites excluding steroid dienone is 1. The summed E-state index contributed by atoms with van der Waals surface area (Å²) in [6, 6.07) is 6.68. The van der Waals surface area contributed by atoms with Crippen LogP contribution in [0.2, 0.25) is 4.34 Å². The zero-order valence-corrected chi connectivity index (χ0v) is 10.6. The summed E-state index contributed by atoms with van der Waals surface area (Å²) in [6.07, 6.45) is 2.73. The molecule has 2 aromatic rings. The van der Waals surface area contributed by atoms with E-state index in [2.05, 4.69) is 0 Å². The zero-order chi connectivity index (χ0) is 13.1. The van der Waals surface area contributed by atoms with Crippen LogP contribution in [0.1, 0.15) is 15.2 Å². The molecular weight excluding hydrogens is 278 g/mol. The van der Waals surface area contributed by atoms with Crippen LogP contribution in [0.15, 0.2) is 36.4 Å². The Hall–Kier alpha value is -1.52. The first-order chi connectivity index (χ1) is 8.56. The van der Waals surface area contributed by atoms with Crippen LogP contribution in [0, 0.1) is 11.6 Å². The Morgan fingerprint density at radius 3 is 2.56 bits per heavy atom. The number of carbonyl (C=O) groups is 1. The topological polar surface area (TPSA) is 17.1 Å². The maximum absolute atomic E-state index is 12.9. The first kappa shape index (κ1) is 12.9. The quantitative estimate of drug-likeness (QED) is 0.596. The summed E-state index contributed by atoms with van der Waals surface area (Å²) in [5.74, 6) is -2.08. The SMILES string of the molecule is O=C(/C=C/c1ccc(F)c(F)c1)c1ccc(Cl)s1. The van der Waals surface area contributed by atoms with Crippen molar-refractivity contribution in [2.45, 2.75) is 0 Å². The van der Waals surface area contributed by atoms with Gasteiger partial charge in [-0.3, -0.25) is 4.79 Å². The lowest BCUT2D eigenvalue weighted by Crippen LogP contribution is -1.89. The molecule has 0 radical (unpaired) electrons. The van der Waals surface area contributed by atoms with E-state index >= 15 is 0 Å². The van der Waals surface area contributed by atoms with Crippen LogP contribution in [0.4, 0.5) is 8.78 Å². The van der Waals surface area contributed by atoms with Crippen molar-refractivity contribution in [3.8, 4) is 0 Å². The van der Waals surface area contributed by atoms with Crippen molar-refractivity contribution in [3.05, 3.63) is 62.8 Å². The molecule has 0 saturated carbocycles. The van der Waals surface area contributed by atoms with Gasteiger partial charge < -0.3 is 0 Å². The predicted molar refractivity (Wildman–Crippen MR) is 69.1 cm³/mol. The van der Waals surface area contributed by atoms with Crippen molar-refractivity contribution in [3.63, 3.8) is 0 Å². The van der Waals surface area contributed by atoms with Crippen molar-refractivity contribution in [2.24, 2.45) is 0 Å². The molecule has 0 aliphatic heterocycles. The minimum atomic E-state index is -0.941. The third kappa shape index (κ3) is 3.03. The molecule has 1 heterocycles. The van der Waals surface area contributed by atoms with Crippen LogP contribution in [-0.4, -0.2) is 5.78 Å². The number of carbonyl (C=O) groups excluding carboxylic acids is 1. The Bertz CT molecular complexity index is 619. The van der Waals surface area contributed by atoms with Gasteiger partial charge in [0.25, 0.3) is 0 Å². The molecule has 1 aromatic heterocycles. The molecule has 0 fully saturated rings. The summed E-state index contributed by atoms with van der Waals surface area (Å²) in [7, 11) is 0. The molecule has 2 rings (SSSR count). The van der Waals surface area contributed by atoms with Gasteiger partial charge in [0.05, 0.1) is 9.21 Å². The number of halogens is 3. The average molecular weight is 285 g/mol. The fourth-order valence-corrected chi connectivity index (χ4v) is 2.28. The highest BCUT2D eigenvalue weighted by molar-refractivity contribution is 7.18. The summed E-state index contributed by atoms with van der Waals surface area (Å²) in [6.45, 7) is 0. The molecule has 1 nitrogen and oxygen atoms in total. The molecular formula is C13H7ClF2OS. The number of ketones is 1. The van der Waals surface area contributed by atoms with E-state index in [4.69, 9.17) is 11.6 Å². The molecule has 0 N–H and O–H groups in total. The van der Waals surface area contributed by atoms with Crippen molar-refractivity contribution in [2.75, 3.05) is 0 Å². The Balaban J connectivity index is 2.15. The highest BCUT2D eigenvalue weighted by Gasteiger charge is 2.05. The summed E-state index contributed by atoms with van der Waals surface area (Å²) in [5, 5.41) is 0. The molecule has 92 valence electrons. The second-order valence-electron chi connectivity index (χ2n) is 3.47. The lowest BCUT2D eigenvalue weighted by Gasteiger charge is -1.95. The summed E-state index contributed by atoms with van der Waals surface area (Å²) >= 11 is 6.88. The van der Waals surface area contributed by atoms with E-state index in [-0.39, 0.29) is 5.78 Å². The molecule has 18 heavy (non-hydrogen) atoms. The van der Waals surface area contributed by atoms with E-state index in [1.165, 1.54) is 29.6 Å². The molecule has 0 atom stereocenters. The second-order valence-corrected chi connectivity index (χ2v) is 5.19. The van der Waals surface area contributed by atoms with Gasteiger partial charge in [0, 0.05) is 0 Å². The van der Waals surface area contributed by atoms with Gasteiger partial charge in [0.15, 0.2) is 17.4 Å². The Labute approximate surface area is 111 Å². The summed E-state index contributed by atoms with van der Waals surface area (Å²) < 4.78 is 26.1. The number of hydrogen-bond acceptors (Lipinski definition) is 2. The Morgan fingerprint density at radius 1 is 1.17 bits per heavy atom. The van der Waals surface area contributed by atoms with E-state index in [0.29, 0.717) is 14.8 Å². The fourth-order valence-electron chi connectivity index (χ4n) is 1.32. The van der Waals surface area contributed by atoms with Gasteiger partial charge in [-0.25, -0.2) is 8.78 Å². The minimum absolute atomic E-state index is 0.225. The third-order valence-electron chi connectivity index (χ3n) is 2.19. The van der Waals surface area contributed by atoms with Gasteiger partial charge in [-0.2, -0.15) is 0 Å². The minimum Gasteiger partial charge on any atom is -0.288 e. The maximum atomic E-state index is 12.9. The van der Waals surface area contributed by atoms with Crippen LogP contribution >= 0.6 is 22.9 Å². The first-order valence-electron chi connectivity index (χ1n) is 4.99. The van der Waals surface area contributed by atoms with Crippen molar-refractivity contribution in [1.82, 2.24) is 0 Å². The van der Waals surface area contributed by atoms with Gasteiger partial charge in [-0.05, 0) is 35.9 Å². The van der Waals surface area contributed by atoms with E-state index in [1.807, 2.05) is 0 Å². The van der Waals surface area contributed by atoms with Crippen LogP contribution in [0.5, 0.6) is 0 Å². The molecule has 0 bridgehead atoms. The summed E-state index contributed by atoms with van der Waals surface area (Å²) in [5.41, 5.74) is 0.421. The van der Waals surface area contributed by atoms with Crippen LogP contribution in [-0.2, 0) is 0 Å². The molecule has 0 saturated heterocycles. The second kappa shape index (κ2) is 5.42. The predicted octanol–water partition coefficient (Wildman–Crippen LogP) is 4.58. The Morgan fingerprint density at radius 2 is 1.94 bits per heavy atom. The molecule has 0 aliphatic rings. The monoisotopic (exact) mass is 284 g/mol. The lowest BCUT2D eigenvalue weighted by atomic mass is 10.2. The summed E-state index contributed by atoms with van der Waals surface area (Å²) in [4.78, 5) is 12.2. The van der Waals surface area contributed by atoms with E-state index in [0.717, 1.165) is 12.1 Å². The lowest BCUT2D eigenvalue weighted by molar-refractivity contribution is 0.105. The van der Waals surface area contributed by atoms with Crippen molar-refractivity contribution >= 4 is 34.8 Å². The number of rotatable bonds is 3. The van der Waals surface area contributed by atoms with Crippen molar-refractivity contribution in [1.29, 1.82) is 0 Å². The standard InChI is InChI=1S/C13H7ClF2OS/c14-13-6-5-12(18-13)11(17)4-2-8-1-3-9(15)10(16)7-8/h1-7H/b4-2+. The van der Waals surface area contributed by atoms with E-state index < -0.39 is 11.6 Å². The maximum Gasteiger partial charge on any atom is 0.195 e. The molecule has 0 spiro atoms. The smallest absolute Gasteiger partial charge is 0.195 e.